The van der Waals surface area contributed by atoms with Crippen molar-refractivity contribution in [2.75, 3.05) is 7.05 Å². The van der Waals surface area contributed by atoms with E-state index in [1.54, 1.807) is 0 Å². The van der Waals surface area contributed by atoms with Gasteiger partial charge in [-0.2, -0.15) is 0 Å². The Morgan fingerprint density at radius 2 is 1.50 bits per heavy atom. The minimum absolute atomic E-state index is 0.0703. The molecule has 0 amide bonds. The quantitative estimate of drug-likeness (QED) is 0.192. The number of aromatic nitrogens is 1. The first-order valence-corrected chi connectivity index (χ1v) is 18.2. The number of rotatable bonds is 4. The van der Waals surface area contributed by atoms with E-state index in [0.29, 0.717) is 17.8 Å². The largest absolute Gasteiger partial charge is 0.333 e. The summed E-state index contributed by atoms with van der Waals surface area (Å²) in [5, 5.41) is 2.75. The van der Waals surface area contributed by atoms with Gasteiger partial charge in [-0.15, -0.1) is 11.3 Å². The van der Waals surface area contributed by atoms with Crippen molar-refractivity contribution in [2.45, 2.75) is 52.1 Å². The van der Waals surface area contributed by atoms with E-state index in [2.05, 4.69) is 147 Å². The van der Waals surface area contributed by atoms with E-state index in [-0.39, 0.29) is 6.17 Å². The molecular formula is C43H40N4S. The Hall–Kier alpha value is -4.74. The summed E-state index contributed by atoms with van der Waals surface area (Å²) in [6.45, 7) is 6.95. The smallest absolute Gasteiger partial charge is 0.155 e. The number of allylic oxidation sites excluding steroid dienone is 6. The molecule has 0 spiro atoms. The Morgan fingerprint density at radius 1 is 0.771 bits per heavy atom. The molecule has 1 aliphatic heterocycles. The van der Waals surface area contributed by atoms with Crippen molar-refractivity contribution in [1.29, 1.82) is 0 Å². The van der Waals surface area contributed by atoms with Crippen LogP contribution >= 0.6 is 11.3 Å². The van der Waals surface area contributed by atoms with Gasteiger partial charge in [-0.1, -0.05) is 93.6 Å². The molecule has 0 N–H and O–H groups in total. The third kappa shape index (κ3) is 4.70. The second kappa shape index (κ2) is 11.5. The molecule has 2 aromatic heterocycles. The summed E-state index contributed by atoms with van der Waals surface area (Å²) >= 11 is 1.95. The van der Waals surface area contributed by atoms with Crippen LogP contribution in [0.3, 0.4) is 0 Å². The number of benzene rings is 3. The molecule has 0 bridgehead atoms. The minimum Gasteiger partial charge on any atom is -0.333 e. The molecule has 0 radical (unpaired) electrons. The van der Waals surface area contributed by atoms with Gasteiger partial charge >= 0.3 is 0 Å². The zero-order chi connectivity index (χ0) is 32.5. The Bertz CT molecular complexity index is 2290. The predicted octanol–water partition coefficient (Wildman–Crippen LogP) is 10.6. The number of aliphatic imine (C=N–C) groups is 2. The minimum atomic E-state index is -0.0703. The molecule has 0 fully saturated rings. The lowest BCUT2D eigenvalue weighted by Gasteiger charge is -2.35. The normalized spacial score (nSPS) is 23.5. The number of hydrogen-bond acceptors (Lipinski definition) is 4. The van der Waals surface area contributed by atoms with Crippen LogP contribution in [-0.4, -0.2) is 34.4 Å². The van der Waals surface area contributed by atoms with Crippen LogP contribution < -0.4 is 0 Å². The second-order valence-electron chi connectivity index (χ2n) is 14.1. The molecule has 3 heterocycles. The van der Waals surface area contributed by atoms with E-state index in [9.17, 15) is 0 Å². The van der Waals surface area contributed by atoms with Gasteiger partial charge in [0, 0.05) is 44.5 Å². The number of amidine groups is 2. The summed E-state index contributed by atoms with van der Waals surface area (Å²) in [7, 11) is 2.15. The van der Waals surface area contributed by atoms with Crippen molar-refractivity contribution in [3.05, 3.63) is 137 Å². The standard InChI is InChI=1S/C43H40N4S/c1-26-11-9-13-30(23-26)41-44-42(46(4)43(45-41)31-14-10-12-27(2)24-31)29-19-21-32(22-20-29)47-35-17-7-5-15-33(35)39-36(47)25-28(3)38-34-16-6-8-18-37(34)48-40(38)39/h5-22,26-28,43H,23-25H2,1-4H3. The molecule has 9 rings (SSSR count). The zero-order valence-corrected chi connectivity index (χ0v) is 28.8. The van der Waals surface area contributed by atoms with Crippen LogP contribution in [0, 0.1) is 11.8 Å². The van der Waals surface area contributed by atoms with Crippen molar-refractivity contribution in [3.8, 4) is 16.1 Å². The maximum absolute atomic E-state index is 5.28. The van der Waals surface area contributed by atoms with Gasteiger partial charge in [-0.25, -0.2) is 9.98 Å². The number of para-hydroxylation sites is 1. The fourth-order valence-electron chi connectivity index (χ4n) is 8.29. The monoisotopic (exact) mass is 644 g/mol. The van der Waals surface area contributed by atoms with Crippen LogP contribution in [0.2, 0.25) is 0 Å². The lowest BCUT2D eigenvalue weighted by atomic mass is 9.85. The van der Waals surface area contributed by atoms with Crippen LogP contribution in [0.25, 0.3) is 37.1 Å². The zero-order valence-electron chi connectivity index (χ0n) is 28.0. The summed E-state index contributed by atoms with van der Waals surface area (Å²) in [5.41, 5.74) is 10.5. The number of likely N-dealkylation sites (N-methyl/N-ethyl adjacent to an activating group) is 1. The summed E-state index contributed by atoms with van der Waals surface area (Å²) in [5.74, 6) is 3.28. The van der Waals surface area contributed by atoms with E-state index in [1.165, 1.54) is 59.5 Å². The Morgan fingerprint density at radius 3 is 2.29 bits per heavy atom. The van der Waals surface area contributed by atoms with E-state index in [0.717, 1.165) is 36.5 Å². The van der Waals surface area contributed by atoms with E-state index < -0.39 is 0 Å². The molecule has 4 atom stereocenters. The highest BCUT2D eigenvalue weighted by Crippen LogP contribution is 2.52. The molecule has 0 saturated carbocycles. The molecule has 3 aliphatic carbocycles. The molecule has 5 heteroatoms. The van der Waals surface area contributed by atoms with E-state index in [1.807, 2.05) is 11.3 Å². The van der Waals surface area contributed by atoms with E-state index >= 15 is 0 Å². The fourth-order valence-corrected chi connectivity index (χ4v) is 9.69. The highest BCUT2D eigenvalue weighted by molar-refractivity contribution is 7.22. The lowest BCUT2D eigenvalue weighted by Crippen LogP contribution is -2.42. The number of thiophene rings is 1. The topological polar surface area (TPSA) is 32.9 Å². The van der Waals surface area contributed by atoms with Gasteiger partial charge in [0.2, 0.25) is 0 Å². The summed E-state index contributed by atoms with van der Waals surface area (Å²) in [6, 6.07) is 27.0. The van der Waals surface area contributed by atoms with Crippen LogP contribution in [0.5, 0.6) is 0 Å². The highest BCUT2D eigenvalue weighted by atomic mass is 32.1. The van der Waals surface area contributed by atoms with Crippen molar-refractivity contribution in [3.63, 3.8) is 0 Å². The van der Waals surface area contributed by atoms with Crippen LogP contribution in [0.1, 0.15) is 56.4 Å². The van der Waals surface area contributed by atoms with Crippen LogP contribution in [-0.2, 0) is 6.42 Å². The van der Waals surface area contributed by atoms with Crippen molar-refractivity contribution < 1.29 is 0 Å². The first-order chi connectivity index (χ1) is 23.4. The summed E-state index contributed by atoms with van der Waals surface area (Å²) < 4.78 is 3.90. The van der Waals surface area contributed by atoms with Gasteiger partial charge in [0.05, 0.1) is 5.52 Å². The Labute approximate surface area is 286 Å². The summed E-state index contributed by atoms with van der Waals surface area (Å²) in [6.07, 6.45) is 16.3. The molecular weight excluding hydrogens is 605 g/mol. The van der Waals surface area contributed by atoms with Gasteiger partial charge in [0.15, 0.2) is 5.84 Å². The molecule has 4 nitrogen and oxygen atoms in total. The lowest BCUT2D eigenvalue weighted by molar-refractivity contribution is 0.399. The average Bonchev–Trinajstić information content (AvgIpc) is 3.65. The molecule has 0 saturated heterocycles. The Balaban J connectivity index is 1.14. The number of hydrogen-bond donors (Lipinski definition) is 0. The average molecular weight is 645 g/mol. The van der Waals surface area contributed by atoms with Gasteiger partial charge < -0.3 is 9.47 Å². The first kappa shape index (κ1) is 29.4. The van der Waals surface area contributed by atoms with Crippen molar-refractivity contribution in [2.24, 2.45) is 21.8 Å². The maximum Gasteiger partial charge on any atom is 0.155 e. The third-order valence-corrected chi connectivity index (χ3v) is 11.8. The third-order valence-electron chi connectivity index (χ3n) is 10.6. The number of nitrogens with zero attached hydrogens (tertiary/aromatic N) is 4. The fraction of sp³-hybridized carbons (Fsp3) is 0.256. The van der Waals surface area contributed by atoms with Gasteiger partial charge in [-0.3, -0.25) is 0 Å². The van der Waals surface area contributed by atoms with Gasteiger partial charge in [-0.05, 0) is 95.5 Å². The van der Waals surface area contributed by atoms with Crippen LogP contribution in [0.4, 0.5) is 0 Å². The predicted molar refractivity (Wildman–Crippen MR) is 204 cm³/mol. The highest BCUT2D eigenvalue weighted by Gasteiger charge is 2.33. The Kier molecular flexibility index (Phi) is 7.01. The molecule has 48 heavy (non-hydrogen) atoms. The van der Waals surface area contributed by atoms with Gasteiger partial charge in [0.25, 0.3) is 0 Å². The number of fused-ring (bicyclic) bond motifs is 7. The molecule has 4 unspecified atom stereocenters. The van der Waals surface area contributed by atoms with Crippen molar-refractivity contribution >= 4 is 44.0 Å². The first-order valence-electron chi connectivity index (χ1n) is 17.3. The van der Waals surface area contributed by atoms with Crippen molar-refractivity contribution in [1.82, 2.24) is 9.47 Å². The molecule has 3 aromatic carbocycles. The van der Waals surface area contributed by atoms with Gasteiger partial charge in [0.1, 0.15) is 12.0 Å². The summed E-state index contributed by atoms with van der Waals surface area (Å²) in [4.78, 5) is 14.3. The van der Waals surface area contributed by atoms with E-state index in [4.69, 9.17) is 9.98 Å². The van der Waals surface area contributed by atoms with Crippen LogP contribution in [0.15, 0.2) is 130 Å². The maximum atomic E-state index is 5.28. The molecule has 238 valence electrons. The molecule has 5 aromatic rings. The SMILES string of the molecule is CC1C=CC=C(C2=NC(C3=CC=CC(C)C3)N(C)C(c3ccc(-n4c5c(c6ccccc64)-c4sc6ccccc6c4C(C)C5)cc3)=N2)C1. The molecule has 4 aliphatic rings. The second-order valence-corrected chi connectivity index (χ2v) is 15.2.